The number of hydrogen-bond acceptors (Lipinski definition) is 7. The molecular weight excluding hydrogens is 443 g/mol. The van der Waals surface area contributed by atoms with E-state index in [1.807, 2.05) is 4.90 Å². The first-order valence-electron chi connectivity index (χ1n) is 10.3. The Kier molecular flexibility index (Phi) is 6.48. The van der Waals surface area contributed by atoms with Crippen molar-refractivity contribution in [3.8, 4) is 23.0 Å². The molecule has 0 radical (unpaired) electrons. The van der Waals surface area contributed by atoms with Gasteiger partial charge in [0, 0.05) is 20.2 Å². The number of fused-ring (bicyclic) bond motifs is 3. The van der Waals surface area contributed by atoms with E-state index in [9.17, 15) is 18.0 Å². The molecule has 33 heavy (non-hydrogen) atoms. The van der Waals surface area contributed by atoms with Crippen molar-refractivity contribution < 1.29 is 36.5 Å². The average molecular weight is 465 g/mol. The minimum Gasteiger partial charge on any atom is -0.490 e. The first-order chi connectivity index (χ1) is 15.8. The molecule has 0 saturated carbocycles. The van der Waals surface area contributed by atoms with Crippen LogP contribution in [0.15, 0.2) is 45.6 Å². The third-order valence-electron chi connectivity index (χ3n) is 5.09. The molecule has 0 aliphatic carbocycles. The Hall–Kier alpha value is -3.24. The summed E-state index contributed by atoms with van der Waals surface area (Å²) < 4.78 is 68.9. The van der Waals surface area contributed by atoms with Crippen molar-refractivity contribution in [1.82, 2.24) is 4.90 Å². The van der Waals surface area contributed by atoms with Gasteiger partial charge in [0.15, 0.2) is 11.5 Å². The minimum atomic E-state index is -4.97. The smallest absolute Gasteiger partial charge is 0.453 e. The van der Waals surface area contributed by atoms with Gasteiger partial charge in [0.25, 0.3) is 5.76 Å². The van der Waals surface area contributed by atoms with Crippen LogP contribution in [0.25, 0.3) is 11.0 Å². The van der Waals surface area contributed by atoms with Gasteiger partial charge in [0.2, 0.25) is 11.2 Å². The lowest BCUT2D eigenvalue weighted by molar-refractivity contribution is -0.154. The number of para-hydroxylation sites is 2. The number of benzene rings is 2. The van der Waals surface area contributed by atoms with Gasteiger partial charge in [-0.1, -0.05) is 12.1 Å². The first kappa shape index (κ1) is 22.9. The third-order valence-corrected chi connectivity index (χ3v) is 5.09. The molecule has 0 fully saturated rings. The Morgan fingerprint density at radius 2 is 1.88 bits per heavy atom. The summed E-state index contributed by atoms with van der Waals surface area (Å²) in [5, 5.41) is -0.0390. The second-order valence-electron chi connectivity index (χ2n) is 7.31. The molecule has 10 heteroatoms. The van der Waals surface area contributed by atoms with Crippen molar-refractivity contribution in [3.05, 3.63) is 57.9 Å². The Bertz CT molecular complexity index is 1210. The fourth-order valence-corrected chi connectivity index (χ4v) is 3.56. The van der Waals surface area contributed by atoms with Gasteiger partial charge >= 0.3 is 6.18 Å². The maximum absolute atomic E-state index is 14.0. The molecule has 3 aromatic rings. The Balaban J connectivity index is 1.86. The number of methoxy groups -OCH3 is 1. The average Bonchev–Trinajstić information content (AvgIpc) is 2.79. The Morgan fingerprint density at radius 3 is 2.58 bits per heavy atom. The van der Waals surface area contributed by atoms with Crippen LogP contribution in [0.4, 0.5) is 13.2 Å². The zero-order valence-electron chi connectivity index (χ0n) is 18.0. The molecule has 1 aromatic heterocycles. The number of hydrogen-bond donors (Lipinski definition) is 0. The fraction of sp³-hybridized carbons (Fsp3) is 0.348. The van der Waals surface area contributed by atoms with E-state index in [-0.39, 0.29) is 42.4 Å². The van der Waals surface area contributed by atoms with Gasteiger partial charge in [-0.05, 0) is 31.2 Å². The fourth-order valence-electron chi connectivity index (χ4n) is 3.56. The summed E-state index contributed by atoms with van der Waals surface area (Å²) >= 11 is 0. The molecule has 0 unspecified atom stereocenters. The second kappa shape index (κ2) is 9.32. The molecule has 2 heterocycles. The van der Waals surface area contributed by atoms with Crippen LogP contribution >= 0.6 is 0 Å². The number of rotatable bonds is 7. The molecule has 0 bridgehead atoms. The van der Waals surface area contributed by atoms with E-state index in [2.05, 4.69) is 0 Å². The van der Waals surface area contributed by atoms with E-state index >= 15 is 0 Å². The number of alkyl halides is 3. The van der Waals surface area contributed by atoms with Gasteiger partial charge in [0.1, 0.15) is 18.1 Å². The molecule has 0 spiro atoms. The highest BCUT2D eigenvalue weighted by Crippen LogP contribution is 2.42. The summed E-state index contributed by atoms with van der Waals surface area (Å²) in [5.74, 6) is -1.92. The topological polar surface area (TPSA) is 70.4 Å². The molecule has 0 N–H and O–H groups in total. The van der Waals surface area contributed by atoms with E-state index in [4.69, 9.17) is 23.4 Å². The van der Waals surface area contributed by atoms with Crippen LogP contribution in [0, 0.1) is 0 Å². The Labute approximate surface area is 187 Å². The summed E-state index contributed by atoms with van der Waals surface area (Å²) in [4.78, 5) is 15.0. The summed E-state index contributed by atoms with van der Waals surface area (Å²) in [6.07, 6.45) is -4.97. The van der Waals surface area contributed by atoms with Crippen LogP contribution in [0.2, 0.25) is 0 Å². The first-order valence-corrected chi connectivity index (χ1v) is 10.3. The molecule has 1 aliphatic rings. The van der Waals surface area contributed by atoms with Crippen LogP contribution in [0.3, 0.4) is 0 Å². The minimum absolute atomic E-state index is 0.0245. The lowest BCUT2D eigenvalue weighted by atomic mass is 10.1. The van der Waals surface area contributed by atoms with Gasteiger partial charge in [-0.2, -0.15) is 13.2 Å². The lowest BCUT2D eigenvalue weighted by Gasteiger charge is -2.29. The highest BCUT2D eigenvalue weighted by atomic mass is 19.4. The van der Waals surface area contributed by atoms with Gasteiger partial charge in [-0.15, -0.1) is 0 Å². The van der Waals surface area contributed by atoms with E-state index in [0.29, 0.717) is 24.5 Å². The predicted octanol–water partition coefficient (Wildman–Crippen LogP) is 4.80. The summed E-state index contributed by atoms with van der Waals surface area (Å²) in [6.45, 7) is 3.39. The maximum atomic E-state index is 14.0. The summed E-state index contributed by atoms with van der Waals surface area (Å²) in [6, 6.07) is 9.10. The van der Waals surface area contributed by atoms with Crippen molar-refractivity contribution in [3.63, 3.8) is 0 Å². The number of halogens is 3. The second-order valence-corrected chi connectivity index (χ2v) is 7.31. The number of nitrogens with zero attached hydrogens (tertiary/aromatic N) is 1. The largest absolute Gasteiger partial charge is 0.490 e. The maximum Gasteiger partial charge on any atom is 0.453 e. The molecule has 1 aliphatic heterocycles. The van der Waals surface area contributed by atoms with Crippen LogP contribution < -0.4 is 19.6 Å². The molecule has 2 aromatic carbocycles. The van der Waals surface area contributed by atoms with E-state index in [1.165, 1.54) is 18.2 Å². The predicted molar refractivity (Wildman–Crippen MR) is 113 cm³/mol. The van der Waals surface area contributed by atoms with E-state index in [1.54, 1.807) is 32.2 Å². The molecule has 0 amide bonds. The van der Waals surface area contributed by atoms with Crippen molar-refractivity contribution in [2.75, 3.05) is 33.6 Å². The van der Waals surface area contributed by atoms with E-state index in [0.717, 1.165) is 0 Å². The van der Waals surface area contributed by atoms with Crippen molar-refractivity contribution in [2.45, 2.75) is 19.6 Å². The highest BCUT2D eigenvalue weighted by Gasteiger charge is 2.41. The van der Waals surface area contributed by atoms with Crippen LogP contribution in [-0.4, -0.2) is 38.5 Å². The SMILES string of the molecule is CCOc1ccccc1Oc1c(C(F)(F)F)oc2c3c(ccc2c1=O)OCN(CCOC)C3. The quantitative estimate of drug-likeness (QED) is 0.496. The van der Waals surface area contributed by atoms with Gasteiger partial charge in [-0.25, -0.2) is 0 Å². The van der Waals surface area contributed by atoms with Gasteiger partial charge in [0.05, 0.1) is 24.2 Å². The standard InChI is InChI=1S/C23H22F3NO6/c1-3-30-17-6-4-5-7-18(17)32-21-19(28)14-8-9-16-15(12-27(13-31-16)10-11-29-2)20(14)33-22(21)23(24,25)26/h4-9H,3,10-13H2,1-2H3. The van der Waals surface area contributed by atoms with Crippen molar-refractivity contribution in [1.29, 1.82) is 0 Å². The third kappa shape index (κ3) is 4.62. The van der Waals surface area contributed by atoms with Crippen molar-refractivity contribution >= 4 is 11.0 Å². The van der Waals surface area contributed by atoms with Crippen LogP contribution in [0.1, 0.15) is 18.2 Å². The Morgan fingerprint density at radius 1 is 1.12 bits per heavy atom. The highest BCUT2D eigenvalue weighted by molar-refractivity contribution is 5.84. The van der Waals surface area contributed by atoms with Gasteiger partial charge in [-0.3, -0.25) is 9.69 Å². The van der Waals surface area contributed by atoms with Crippen molar-refractivity contribution in [2.24, 2.45) is 0 Å². The zero-order chi connectivity index (χ0) is 23.6. The monoisotopic (exact) mass is 465 g/mol. The molecule has 7 nitrogen and oxygen atoms in total. The van der Waals surface area contributed by atoms with Crippen LogP contribution in [0.5, 0.6) is 23.0 Å². The normalized spacial score (nSPS) is 14.1. The molecular formula is C23H22F3NO6. The van der Waals surface area contributed by atoms with Gasteiger partial charge < -0.3 is 23.4 Å². The summed E-state index contributed by atoms with van der Waals surface area (Å²) in [5.41, 5.74) is -0.761. The molecule has 0 saturated heterocycles. The molecule has 176 valence electrons. The molecule has 4 rings (SSSR count). The lowest BCUT2D eigenvalue weighted by Crippen LogP contribution is -2.34. The van der Waals surface area contributed by atoms with E-state index < -0.39 is 23.1 Å². The van der Waals surface area contributed by atoms with Crippen LogP contribution in [-0.2, 0) is 17.5 Å². The summed E-state index contributed by atoms with van der Waals surface area (Å²) in [7, 11) is 1.55. The zero-order valence-corrected chi connectivity index (χ0v) is 18.0. The number of ether oxygens (including phenoxy) is 4. The molecule has 0 atom stereocenters.